The Balaban J connectivity index is 0.504. The summed E-state index contributed by atoms with van der Waals surface area (Å²) in [7, 11) is 8.13. The lowest BCUT2D eigenvalue weighted by molar-refractivity contribution is -0.121. The number of nitrogens with one attached hydrogen (secondary N) is 11. The van der Waals surface area contributed by atoms with Crippen molar-refractivity contribution in [3.63, 3.8) is 0 Å². The summed E-state index contributed by atoms with van der Waals surface area (Å²) in [6.45, 7) is 12.0. The zero-order chi connectivity index (χ0) is 86.0. The lowest BCUT2D eigenvalue weighted by Crippen LogP contribution is -2.41. The number of aromatic nitrogens is 8. The lowest BCUT2D eigenvalue weighted by Gasteiger charge is -2.24. The minimum atomic E-state index is -0.879. The molecule has 1 aromatic carbocycles. The van der Waals surface area contributed by atoms with Crippen molar-refractivity contribution in [2.75, 3.05) is 170 Å². The van der Waals surface area contributed by atoms with Crippen molar-refractivity contribution in [1.82, 2.24) is 59.1 Å². The Labute approximate surface area is 701 Å². The van der Waals surface area contributed by atoms with E-state index in [2.05, 4.69) is 62.8 Å². The van der Waals surface area contributed by atoms with Crippen molar-refractivity contribution < 1.29 is 85.8 Å². The van der Waals surface area contributed by atoms with Crippen LogP contribution < -0.4 is 57.5 Å². The molecule has 0 unspecified atom stereocenters. The number of hydrogen-bond donors (Lipinski definition) is 11. The Morgan fingerprint density at radius 3 is 1.47 bits per heavy atom. The molecule has 0 spiro atoms. The van der Waals surface area contributed by atoms with Gasteiger partial charge in [0.15, 0.2) is 11.6 Å². The highest BCUT2D eigenvalue weighted by Gasteiger charge is 2.35. The molecule has 41 heteroatoms. The Hall–Kier alpha value is -11.9. The maximum Gasteiger partial charge on any atom is 0.291 e. The molecule has 0 radical (unpaired) electrons. The largest absolute Gasteiger partial charge is 0.475 e. The Morgan fingerprint density at radius 2 is 0.958 bits per heavy atom. The summed E-state index contributed by atoms with van der Waals surface area (Å²) in [6, 6.07) is 14.2. The number of rotatable bonds is 50. The van der Waals surface area contributed by atoms with Crippen molar-refractivity contribution in [2.24, 2.45) is 40.2 Å². The summed E-state index contributed by atoms with van der Waals surface area (Å²) in [6.07, 6.45) is 10.4. The smallest absolute Gasteiger partial charge is 0.291 e. The van der Waals surface area contributed by atoms with Gasteiger partial charge in [-0.3, -0.25) is 63.9 Å². The molecule has 39 nitrogen and oxygen atoms in total. The first-order valence-electron chi connectivity index (χ1n) is 38.5. The number of pyridine rings is 1. The van der Waals surface area contributed by atoms with Gasteiger partial charge in [-0.05, 0) is 62.7 Å². The van der Waals surface area contributed by atoms with Crippen LogP contribution in [0.4, 0.5) is 33.6 Å². The van der Waals surface area contributed by atoms with Crippen LogP contribution in [0.15, 0.2) is 103 Å². The molecule has 0 aliphatic carbocycles. The van der Waals surface area contributed by atoms with E-state index in [-0.39, 0.29) is 123 Å². The topological polar surface area (TPSA) is 472 Å². The second-order valence-electron chi connectivity index (χ2n) is 27.1. The maximum atomic E-state index is 13.4. The van der Waals surface area contributed by atoms with Gasteiger partial charge in [0.2, 0.25) is 35.3 Å². The van der Waals surface area contributed by atoms with Crippen molar-refractivity contribution >= 4 is 127 Å². The molecule has 8 heterocycles. The zero-order valence-electron chi connectivity index (χ0n) is 68.1. The van der Waals surface area contributed by atoms with E-state index >= 15 is 0 Å². The number of amidine groups is 2. The summed E-state index contributed by atoms with van der Waals surface area (Å²) in [5, 5.41) is 43.4. The second kappa shape index (κ2) is 47.1. The maximum absolute atomic E-state index is 13.4. The van der Waals surface area contributed by atoms with Gasteiger partial charge in [0, 0.05) is 145 Å². The number of fused-ring (bicyclic) bond motifs is 1. The van der Waals surface area contributed by atoms with Crippen LogP contribution in [0.5, 0.6) is 5.88 Å². The van der Waals surface area contributed by atoms with E-state index in [1.807, 2.05) is 26.0 Å². The minimum Gasteiger partial charge on any atom is -0.475 e. The number of amides is 9. The number of imidazole rings is 2. The number of anilines is 6. The number of ether oxygens (including phenoxy) is 9. The number of thiophene rings is 1. The Morgan fingerprint density at radius 1 is 0.483 bits per heavy atom. The highest BCUT2D eigenvalue weighted by atomic mass is 35.5. The summed E-state index contributed by atoms with van der Waals surface area (Å²) in [5.74, 6) is -3.30. The van der Waals surface area contributed by atoms with Crippen LogP contribution in [0.3, 0.4) is 0 Å². The third-order valence-corrected chi connectivity index (χ3v) is 19.4. The SMILES string of the molecule is CC(=N)N1C(=N)[C@H](CC(=O)Nc2ccc(OCCOCCOCCOCCOCCOCCOCCOCCOCCNC(=O)CCNC(=O)c3nc(NC(=O)CCNC(=O)c4cc(NC(=O)c5cc(NC(=O)CCNC(=O)c6cc(NC(=O)c7nccn7C)cn6C)cn5C)cn4C)cn3C)nc2)N=C(c2ccc(Cl)cc2)c2c1sc(C)c2C. The van der Waals surface area contributed by atoms with Gasteiger partial charge < -0.3 is 113 Å². The standard InChI is InChI=1S/C79H102ClN21O18S/c1-50-51(2)120-79-69(50)70(53-9-11-54(80)12-10-53)93-59(71(82)101(79)52(3)81)44-67(105)89-55-13-14-68(88-45-55)119-40-39-118-38-37-117-36-35-116-34-33-115-32-31-114-30-29-113-28-27-112-26-25-111-24-22-83-64(102)15-18-87-77(109)73-95-63(49-100(73)8)94-66(104)17-20-86-74(106)60-42-57(47-97(60)5)91-76(108)62-41-56(46-99(62)7)90-65(103)16-19-85-75(107)61-43-58(48-98(61)6)92-78(110)72-84-21-23-96(72)4/h9-14,21,23,41-43,45-49,59,81-82H,15-20,22,24-40,44H2,1-8H3,(H,83,102)(H,85,107)(H,86,106)(H,87,109)(H,89,105)(H,90,103)(H,91,108)(H,92,110)(H,94,104)/t59-/m0/s1. The Bertz CT molecular complexity index is 4870. The molecule has 7 aromatic heterocycles. The van der Waals surface area contributed by atoms with Gasteiger partial charge in [-0.1, -0.05) is 23.7 Å². The number of aliphatic imine (C=N–C) groups is 1. The van der Waals surface area contributed by atoms with Gasteiger partial charge in [-0.15, -0.1) is 11.3 Å². The molecule has 1 aliphatic rings. The van der Waals surface area contributed by atoms with E-state index < -0.39 is 47.4 Å². The average Bonchev–Trinajstić information content (AvgIpc) is 1.60. The highest BCUT2D eigenvalue weighted by molar-refractivity contribution is 7.17. The highest BCUT2D eigenvalue weighted by Crippen LogP contribution is 2.40. The van der Waals surface area contributed by atoms with Crippen LogP contribution in [0.1, 0.15) is 107 Å². The van der Waals surface area contributed by atoms with Crippen LogP contribution in [-0.4, -0.2) is 253 Å². The number of hydrogen-bond acceptors (Lipinski definition) is 25. The minimum absolute atomic E-state index is 0.00415. The number of benzene rings is 1. The average molecular weight is 1700 g/mol. The van der Waals surface area contributed by atoms with Crippen molar-refractivity contribution in [3.8, 4) is 5.88 Å². The first kappa shape index (κ1) is 92.0. The third-order valence-electron chi connectivity index (χ3n) is 17.9. The molecule has 0 saturated heterocycles. The van der Waals surface area contributed by atoms with E-state index in [1.165, 1.54) is 68.0 Å². The van der Waals surface area contributed by atoms with E-state index in [9.17, 15) is 43.2 Å². The van der Waals surface area contributed by atoms with Crippen LogP contribution in [0, 0.1) is 24.7 Å². The predicted octanol–water partition coefficient (Wildman–Crippen LogP) is 5.39. The fraction of sp³-hybridized carbons (Fsp3) is 0.430. The normalized spacial score (nSPS) is 12.4. The van der Waals surface area contributed by atoms with Crippen LogP contribution in [-0.2, 0) is 92.3 Å². The number of carbonyl (C=O) groups excluding carboxylic acids is 9. The van der Waals surface area contributed by atoms with Crippen LogP contribution in [0.2, 0.25) is 5.02 Å². The Kier molecular flexibility index (Phi) is 36.1. The molecular formula is C79H102ClN21O18S. The van der Waals surface area contributed by atoms with E-state index in [0.717, 1.165) is 26.6 Å². The molecule has 9 amide bonds. The van der Waals surface area contributed by atoms with Gasteiger partial charge >= 0.3 is 0 Å². The molecule has 120 heavy (non-hydrogen) atoms. The number of carbonyl (C=O) groups is 9. The lowest BCUT2D eigenvalue weighted by atomic mass is 9.99. The summed E-state index contributed by atoms with van der Waals surface area (Å²) < 4.78 is 57.7. The van der Waals surface area contributed by atoms with E-state index in [1.54, 1.807) is 99.1 Å². The molecule has 0 fully saturated rings. The predicted molar refractivity (Wildman–Crippen MR) is 447 cm³/mol. The summed E-state index contributed by atoms with van der Waals surface area (Å²) >= 11 is 7.71. The molecule has 11 N–H and O–H groups in total. The molecule has 0 saturated carbocycles. The van der Waals surface area contributed by atoms with E-state index in [4.69, 9.17) is 70.0 Å². The fourth-order valence-electron chi connectivity index (χ4n) is 11.8. The number of halogens is 1. The van der Waals surface area contributed by atoms with Gasteiger partial charge in [-0.25, -0.2) is 15.0 Å². The first-order valence-corrected chi connectivity index (χ1v) is 39.7. The molecule has 9 rings (SSSR count). The van der Waals surface area contributed by atoms with Crippen molar-refractivity contribution in [1.29, 1.82) is 10.8 Å². The van der Waals surface area contributed by atoms with Crippen molar-refractivity contribution in [2.45, 2.75) is 52.5 Å². The summed E-state index contributed by atoms with van der Waals surface area (Å²) in [5.41, 5.74) is 5.35. The number of aryl methyl sites for hydroxylation is 6. The van der Waals surface area contributed by atoms with Crippen LogP contribution in [0.25, 0.3) is 0 Å². The molecule has 8 aromatic rings. The molecule has 0 bridgehead atoms. The molecule has 1 atom stereocenters. The third kappa shape index (κ3) is 28.4. The van der Waals surface area contributed by atoms with Gasteiger partial charge in [0.1, 0.15) is 46.4 Å². The quantitative estimate of drug-likeness (QED) is 0.0129. The monoisotopic (exact) mass is 1700 g/mol. The molecule has 644 valence electrons. The van der Waals surface area contributed by atoms with Crippen molar-refractivity contribution in [3.05, 3.63) is 153 Å². The van der Waals surface area contributed by atoms with E-state index in [0.29, 0.717) is 138 Å². The fourth-order valence-corrected chi connectivity index (χ4v) is 13.2. The molecule has 1 aliphatic heterocycles. The van der Waals surface area contributed by atoms with Crippen LogP contribution >= 0.6 is 22.9 Å². The van der Waals surface area contributed by atoms with Gasteiger partial charge in [-0.2, -0.15) is 0 Å². The first-order chi connectivity index (χ1) is 57.8. The molecular weight excluding hydrogens is 1600 g/mol. The van der Waals surface area contributed by atoms with Gasteiger partial charge in [0.25, 0.3) is 29.5 Å². The second-order valence-corrected chi connectivity index (χ2v) is 28.8. The zero-order valence-corrected chi connectivity index (χ0v) is 69.7. The summed E-state index contributed by atoms with van der Waals surface area (Å²) in [4.78, 5) is 137. The van der Waals surface area contributed by atoms with Gasteiger partial charge in [0.05, 0.1) is 147 Å². The number of nitrogens with zero attached hydrogens (tertiary/aromatic N) is 10.